The van der Waals surface area contributed by atoms with E-state index in [9.17, 15) is 4.79 Å². The molecule has 1 amide bonds. The Morgan fingerprint density at radius 1 is 1.33 bits per heavy atom. The molecule has 3 heterocycles. The summed E-state index contributed by atoms with van der Waals surface area (Å²) in [6.45, 7) is 5.04. The molecule has 1 aromatic heterocycles. The third-order valence-electron chi connectivity index (χ3n) is 5.10. The molecule has 1 atom stereocenters. The highest BCUT2D eigenvalue weighted by molar-refractivity contribution is 5.94. The van der Waals surface area contributed by atoms with E-state index in [1.54, 1.807) is 4.68 Å². The van der Waals surface area contributed by atoms with Crippen molar-refractivity contribution in [1.29, 1.82) is 0 Å². The second-order valence-electron chi connectivity index (χ2n) is 6.82. The summed E-state index contributed by atoms with van der Waals surface area (Å²) in [6.07, 6.45) is 3.25. The van der Waals surface area contributed by atoms with Crippen LogP contribution in [0.4, 0.5) is 0 Å². The lowest BCUT2D eigenvalue weighted by molar-refractivity contribution is 0.0462. The lowest BCUT2D eigenvalue weighted by Crippen LogP contribution is -2.46. The Kier molecular flexibility index (Phi) is 3.80. The number of benzene rings is 1. The van der Waals surface area contributed by atoms with E-state index in [-0.39, 0.29) is 11.3 Å². The number of amides is 1. The molecule has 1 aromatic carbocycles. The van der Waals surface area contributed by atoms with Crippen LogP contribution in [0.2, 0.25) is 0 Å². The Labute approximate surface area is 140 Å². The minimum absolute atomic E-state index is 0.0774. The van der Waals surface area contributed by atoms with E-state index in [0.29, 0.717) is 11.4 Å². The van der Waals surface area contributed by atoms with Gasteiger partial charge in [-0.3, -0.25) is 4.79 Å². The number of rotatable bonds is 2. The second kappa shape index (κ2) is 5.98. The number of aromatic nitrogens is 4. The van der Waals surface area contributed by atoms with Crippen LogP contribution in [0.15, 0.2) is 24.3 Å². The Morgan fingerprint density at radius 3 is 3.00 bits per heavy atom. The molecular weight excluding hydrogens is 306 g/mol. The molecule has 7 heteroatoms. The van der Waals surface area contributed by atoms with Crippen LogP contribution >= 0.6 is 0 Å². The molecule has 2 saturated heterocycles. The lowest BCUT2D eigenvalue weighted by Gasteiger charge is -2.39. The summed E-state index contributed by atoms with van der Waals surface area (Å²) in [5.41, 5.74) is 1.65. The molecule has 0 aliphatic carbocycles. The summed E-state index contributed by atoms with van der Waals surface area (Å²) < 4.78 is 7.23. The fraction of sp³-hybridized carbons (Fsp3) is 0.529. The van der Waals surface area contributed by atoms with E-state index in [2.05, 4.69) is 15.5 Å². The Balaban J connectivity index is 1.57. The quantitative estimate of drug-likeness (QED) is 0.838. The predicted octanol–water partition coefficient (Wildman–Crippen LogP) is 1.61. The van der Waals surface area contributed by atoms with E-state index in [1.807, 2.05) is 36.1 Å². The van der Waals surface area contributed by atoms with E-state index >= 15 is 0 Å². The molecule has 1 unspecified atom stereocenters. The van der Waals surface area contributed by atoms with E-state index in [4.69, 9.17) is 4.74 Å². The third-order valence-corrected chi connectivity index (χ3v) is 5.10. The summed E-state index contributed by atoms with van der Waals surface area (Å²) in [5.74, 6) is 0.771. The van der Waals surface area contributed by atoms with Crippen LogP contribution in [-0.2, 0) is 4.74 Å². The van der Waals surface area contributed by atoms with E-state index in [0.717, 1.165) is 51.3 Å². The number of tetrazole rings is 1. The summed E-state index contributed by atoms with van der Waals surface area (Å²) >= 11 is 0. The van der Waals surface area contributed by atoms with Crippen molar-refractivity contribution in [2.24, 2.45) is 5.41 Å². The van der Waals surface area contributed by atoms with Crippen LogP contribution in [0.5, 0.6) is 0 Å². The van der Waals surface area contributed by atoms with E-state index in [1.165, 1.54) is 0 Å². The van der Waals surface area contributed by atoms with Gasteiger partial charge in [0.15, 0.2) is 5.82 Å². The highest BCUT2D eigenvalue weighted by Gasteiger charge is 2.40. The number of carbonyl (C=O) groups excluding carboxylic acids is 1. The van der Waals surface area contributed by atoms with E-state index < -0.39 is 0 Å². The average Bonchev–Trinajstić information content (AvgIpc) is 3.24. The van der Waals surface area contributed by atoms with Gasteiger partial charge in [0.1, 0.15) is 0 Å². The van der Waals surface area contributed by atoms with Crippen molar-refractivity contribution in [3.05, 3.63) is 35.7 Å². The van der Waals surface area contributed by atoms with Crippen LogP contribution in [0, 0.1) is 12.3 Å². The first-order chi connectivity index (χ1) is 11.7. The maximum absolute atomic E-state index is 13.0. The summed E-state index contributed by atoms with van der Waals surface area (Å²) in [6, 6.07) is 7.50. The van der Waals surface area contributed by atoms with Crippen LogP contribution < -0.4 is 0 Å². The van der Waals surface area contributed by atoms with Gasteiger partial charge in [0, 0.05) is 30.7 Å². The zero-order valence-corrected chi connectivity index (χ0v) is 13.8. The second-order valence-corrected chi connectivity index (χ2v) is 6.82. The maximum Gasteiger partial charge on any atom is 0.253 e. The van der Waals surface area contributed by atoms with Crippen molar-refractivity contribution in [2.75, 3.05) is 26.3 Å². The molecule has 24 heavy (non-hydrogen) atoms. The normalized spacial score (nSPS) is 23.8. The van der Waals surface area contributed by atoms with Gasteiger partial charge in [-0.2, -0.15) is 4.68 Å². The zero-order chi connectivity index (χ0) is 16.6. The van der Waals surface area contributed by atoms with Crippen molar-refractivity contribution >= 4 is 5.91 Å². The van der Waals surface area contributed by atoms with Gasteiger partial charge >= 0.3 is 0 Å². The van der Waals surface area contributed by atoms with Crippen molar-refractivity contribution in [3.8, 4) is 5.69 Å². The SMILES string of the molecule is Cc1nnnn1-c1cccc(C(=O)N2CCCC3(CCOC3)C2)c1. The molecule has 2 fully saturated rings. The highest BCUT2D eigenvalue weighted by Crippen LogP contribution is 2.38. The van der Waals surface area contributed by atoms with Crippen molar-refractivity contribution in [1.82, 2.24) is 25.1 Å². The number of ether oxygens (including phenoxy) is 1. The number of hydrogen-bond donors (Lipinski definition) is 0. The minimum Gasteiger partial charge on any atom is -0.381 e. The monoisotopic (exact) mass is 327 g/mol. The number of hydrogen-bond acceptors (Lipinski definition) is 5. The Hall–Kier alpha value is -2.28. The van der Waals surface area contributed by atoms with Gasteiger partial charge in [-0.25, -0.2) is 0 Å². The largest absolute Gasteiger partial charge is 0.381 e. The molecule has 2 aliphatic heterocycles. The van der Waals surface area contributed by atoms with Gasteiger partial charge in [-0.05, 0) is 54.8 Å². The topological polar surface area (TPSA) is 73.1 Å². The molecule has 126 valence electrons. The number of aryl methyl sites for hydroxylation is 1. The molecule has 0 bridgehead atoms. The summed E-state index contributed by atoms with van der Waals surface area (Å²) in [7, 11) is 0. The number of piperidine rings is 1. The Bertz CT molecular complexity index is 751. The smallest absolute Gasteiger partial charge is 0.253 e. The van der Waals surface area contributed by atoms with Gasteiger partial charge < -0.3 is 9.64 Å². The van der Waals surface area contributed by atoms with Crippen molar-refractivity contribution in [3.63, 3.8) is 0 Å². The molecule has 2 aromatic rings. The third kappa shape index (κ3) is 2.69. The van der Waals surface area contributed by atoms with Gasteiger partial charge in [0.2, 0.25) is 0 Å². The fourth-order valence-corrected chi connectivity index (χ4v) is 3.78. The van der Waals surface area contributed by atoms with Crippen LogP contribution in [0.1, 0.15) is 35.4 Å². The number of carbonyl (C=O) groups is 1. The zero-order valence-electron chi connectivity index (χ0n) is 13.8. The first kappa shape index (κ1) is 15.3. The maximum atomic E-state index is 13.0. The standard InChI is InChI=1S/C17H21N5O2/c1-13-18-19-20-22(13)15-5-2-4-14(10-15)16(23)21-8-3-6-17(11-21)7-9-24-12-17/h2,4-5,10H,3,6-9,11-12H2,1H3. The fourth-order valence-electron chi connectivity index (χ4n) is 3.78. The molecular formula is C17H21N5O2. The van der Waals surface area contributed by atoms with Crippen LogP contribution in [0.3, 0.4) is 0 Å². The summed E-state index contributed by atoms with van der Waals surface area (Å²) in [5, 5.41) is 11.5. The molecule has 7 nitrogen and oxygen atoms in total. The summed E-state index contributed by atoms with van der Waals surface area (Å²) in [4.78, 5) is 14.9. The molecule has 1 spiro atoms. The first-order valence-corrected chi connectivity index (χ1v) is 8.39. The van der Waals surface area contributed by atoms with Gasteiger partial charge in [0.05, 0.1) is 12.3 Å². The molecule has 2 aliphatic rings. The Morgan fingerprint density at radius 2 is 2.25 bits per heavy atom. The first-order valence-electron chi connectivity index (χ1n) is 8.39. The predicted molar refractivity (Wildman–Crippen MR) is 86.9 cm³/mol. The van der Waals surface area contributed by atoms with Gasteiger partial charge in [-0.1, -0.05) is 6.07 Å². The highest BCUT2D eigenvalue weighted by atomic mass is 16.5. The molecule has 0 radical (unpaired) electrons. The average molecular weight is 327 g/mol. The lowest BCUT2D eigenvalue weighted by atomic mass is 9.79. The molecule has 0 N–H and O–H groups in total. The van der Waals surface area contributed by atoms with Crippen LogP contribution in [0.25, 0.3) is 5.69 Å². The molecule has 0 saturated carbocycles. The van der Waals surface area contributed by atoms with Gasteiger partial charge in [0.25, 0.3) is 5.91 Å². The van der Waals surface area contributed by atoms with Gasteiger partial charge in [-0.15, -0.1) is 5.10 Å². The molecule has 4 rings (SSSR count). The number of nitrogens with zero attached hydrogens (tertiary/aromatic N) is 5. The van der Waals surface area contributed by atoms with Crippen molar-refractivity contribution < 1.29 is 9.53 Å². The van der Waals surface area contributed by atoms with Crippen LogP contribution in [-0.4, -0.2) is 57.3 Å². The number of likely N-dealkylation sites (tertiary alicyclic amines) is 1. The minimum atomic E-state index is 0.0774. The van der Waals surface area contributed by atoms with Crippen molar-refractivity contribution in [2.45, 2.75) is 26.2 Å².